The van der Waals surface area contributed by atoms with E-state index in [-0.39, 0.29) is 11.9 Å². The van der Waals surface area contributed by atoms with Crippen molar-refractivity contribution in [3.8, 4) is 0 Å². The van der Waals surface area contributed by atoms with E-state index in [0.29, 0.717) is 43.4 Å². The third-order valence-corrected chi connectivity index (χ3v) is 4.40. The summed E-state index contributed by atoms with van der Waals surface area (Å²) >= 11 is 5.93. The van der Waals surface area contributed by atoms with Gasteiger partial charge in [-0.25, -0.2) is 4.79 Å². The average Bonchev–Trinajstić information content (AvgIpc) is 2.63. The number of piperazine rings is 1. The van der Waals surface area contributed by atoms with Crippen LogP contribution in [0.2, 0.25) is 5.02 Å². The zero-order valence-corrected chi connectivity index (χ0v) is 15.1. The summed E-state index contributed by atoms with van der Waals surface area (Å²) in [5.74, 6) is -0.0481. The quantitative estimate of drug-likeness (QED) is 0.866. The van der Waals surface area contributed by atoms with Crippen molar-refractivity contribution < 1.29 is 9.59 Å². The molecule has 1 saturated heterocycles. The second-order valence-electron chi connectivity index (χ2n) is 6.12. The Morgan fingerprint density at radius 2 is 1.58 bits per heavy atom. The number of carbonyl (C=O) groups excluding carboxylic acids is 2. The fraction of sp³-hybridized carbons (Fsp3) is 0.263. The maximum absolute atomic E-state index is 12.3. The lowest BCUT2D eigenvalue weighted by Crippen LogP contribution is -2.51. The number of nitrogens with one attached hydrogen (secondary N) is 2. The number of amides is 3. The Bertz CT molecular complexity index is 761. The average molecular weight is 373 g/mol. The standard InChI is InChI=1S/C19H21ClN4O2/c20-15-5-4-8-17(13-15)22-19(26)24-11-9-23(10-12-24)14-18(25)21-16-6-2-1-3-7-16/h1-8,13H,9-12,14H2,(H,21,25)(H,22,26). The Morgan fingerprint density at radius 3 is 2.27 bits per heavy atom. The number of benzene rings is 2. The zero-order chi connectivity index (χ0) is 18.4. The topological polar surface area (TPSA) is 64.7 Å². The van der Waals surface area contributed by atoms with Gasteiger partial charge in [0, 0.05) is 42.6 Å². The van der Waals surface area contributed by atoms with E-state index >= 15 is 0 Å². The molecule has 3 amide bonds. The van der Waals surface area contributed by atoms with Crippen LogP contribution in [0.1, 0.15) is 0 Å². The molecule has 1 heterocycles. The van der Waals surface area contributed by atoms with Gasteiger partial charge in [0.2, 0.25) is 5.91 Å². The number of anilines is 2. The number of rotatable bonds is 4. The third kappa shape index (κ3) is 5.21. The van der Waals surface area contributed by atoms with Crippen LogP contribution in [0.4, 0.5) is 16.2 Å². The van der Waals surface area contributed by atoms with Crippen LogP contribution in [-0.2, 0) is 4.79 Å². The second-order valence-corrected chi connectivity index (χ2v) is 6.55. The number of para-hydroxylation sites is 1. The third-order valence-electron chi connectivity index (χ3n) is 4.16. The monoisotopic (exact) mass is 372 g/mol. The van der Waals surface area contributed by atoms with Crippen molar-refractivity contribution in [1.29, 1.82) is 0 Å². The van der Waals surface area contributed by atoms with Gasteiger partial charge >= 0.3 is 6.03 Å². The highest BCUT2D eigenvalue weighted by Crippen LogP contribution is 2.16. The van der Waals surface area contributed by atoms with Gasteiger partial charge in [0.05, 0.1) is 6.54 Å². The molecule has 0 aromatic heterocycles. The first-order chi connectivity index (χ1) is 12.6. The van der Waals surface area contributed by atoms with Crippen LogP contribution in [-0.4, -0.2) is 54.5 Å². The maximum atomic E-state index is 12.3. The van der Waals surface area contributed by atoms with Gasteiger partial charge in [0.25, 0.3) is 0 Å². The first-order valence-corrected chi connectivity index (χ1v) is 8.87. The summed E-state index contributed by atoms with van der Waals surface area (Å²) in [6, 6.07) is 16.3. The van der Waals surface area contributed by atoms with Crippen molar-refractivity contribution in [3.63, 3.8) is 0 Å². The minimum atomic E-state index is -0.152. The molecule has 2 aromatic carbocycles. The summed E-state index contributed by atoms with van der Waals surface area (Å²) in [4.78, 5) is 28.2. The van der Waals surface area contributed by atoms with Crippen molar-refractivity contribution in [2.24, 2.45) is 0 Å². The molecule has 26 heavy (non-hydrogen) atoms. The van der Waals surface area contributed by atoms with E-state index in [1.54, 1.807) is 29.2 Å². The second kappa shape index (κ2) is 8.69. The molecule has 0 unspecified atom stereocenters. The van der Waals surface area contributed by atoms with Crippen LogP contribution < -0.4 is 10.6 Å². The first kappa shape index (κ1) is 18.2. The minimum absolute atomic E-state index is 0.0481. The zero-order valence-electron chi connectivity index (χ0n) is 14.3. The predicted molar refractivity (Wildman–Crippen MR) is 104 cm³/mol. The van der Waals surface area contributed by atoms with Gasteiger partial charge < -0.3 is 15.5 Å². The molecule has 0 bridgehead atoms. The molecule has 6 nitrogen and oxygen atoms in total. The summed E-state index contributed by atoms with van der Waals surface area (Å²) in [5, 5.41) is 6.30. The smallest absolute Gasteiger partial charge is 0.321 e. The number of halogens is 1. The lowest BCUT2D eigenvalue weighted by molar-refractivity contribution is -0.117. The predicted octanol–water partition coefficient (Wildman–Crippen LogP) is 3.13. The summed E-state index contributed by atoms with van der Waals surface area (Å²) < 4.78 is 0. The summed E-state index contributed by atoms with van der Waals surface area (Å²) in [6.45, 7) is 2.78. The van der Waals surface area contributed by atoms with Gasteiger partial charge in [-0.2, -0.15) is 0 Å². The van der Waals surface area contributed by atoms with Crippen LogP contribution in [0, 0.1) is 0 Å². The Labute approximate surface area is 157 Å². The Morgan fingerprint density at radius 1 is 0.885 bits per heavy atom. The molecule has 7 heteroatoms. The number of nitrogens with zero attached hydrogens (tertiary/aromatic N) is 2. The van der Waals surface area contributed by atoms with Crippen molar-refractivity contribution in [2.45, 2.75) is 0 Å². The fourth-order valence-electron chi connectivity index (χ4n) is 2.80. The van der Waals surface area contributed by atoms with Gasteiger partial charge in [0.15, 0.2) is 0 Å². The van der Waals surface area contributed by atoms with E-state index in [4.69, 9.17) is 11.6 Å². The normalized spacial score (nSPS) is 14.7. The molecular weight excluding hydrogens is 352 g/mol. The Balaban J connectivity index is 1.43. The van der Waals surface area contributed by atoms with Gasteiger partial charge in [0.1, 0.15) is 0 Å². The highest BCUT2D eigenvalue weighted by atomic mass is 35.5. The molecule has 0 aliphatic carbocycles. The maximum Gasteiger partial charge on any atom is 0.321 e. The van der Waals surface area contributed by atoms with Crippen LogP contribution >= 0.6 is 11.6 Å². The van der Waals surface area contributed by atoms with E-state index in [9.17, 15) is 9.59 Å². The summed E-state index contributed by atoms with van der Waals surface area (Å²) in [7, 11) is 0. The lowest BCUT2D eigenvalue weighted by Gasteiger charge is -2.34. The SMILES string of the molecule is O=C(CN1CCN(C(=O)Nc2cccc(Cl)c2)CC1)Nc1ccccc1. The van der Waals surface area contributed by atoms with Crippen LogP contribution in [0.15, 0.2) is 54.6 Å². The van der Waals surface area contributed by atoms with Gasteiger partial charge in [-0.05, 0) is 30.3 Å². The van der Waals surface area contributed by atoms with E-state index in [1.165, 1.54) is 0 Å². The Kier molecular flexibility index (Phi) is 6.09. The minimum Gasteiger partial charge on any atom is -0.325 e. The molecule has 0 saturated carbocycles. The highest BCUT2D eigenvalue weighted by molar-refractivity contribution is 6.30. The number of hydrogen-bond acceptors (Lipinski definition) is 3. The van der Waals surface area contributed by atoms with Crippen molar-refractivity contribution >= 4 is 34.9 Å². The van der Waals surface area contributed by atoms with Crippen LogP contribution in [0.3, 0.4) is 0 Å². The molecular formula is C19H21ClN4O2. The molecule has 1 aliphatic heterocycles. The molecule has 2 aromatic rings. The molecule has 0 radical (unpaired) electrons. The molecule has 3 rings (SSSR count). The van der Waals surface area contributed by atoms with E-state index in [2.05, 4.69) is 10.6 Å². The molecule has 136 valence electrons. The number of urea groups is 1. The van der Waals surface area contributed by atoms with Gasteiger partial charge in [-0.1, -0.05) is 35.9 Å². The van der Waals surface area contributed by atoms with E-state index in [1.807, 2.05) is 35.2 Å². The molecule has 0 spiro atoms. The summed E-state index contributed by atoms with van der Waals surface area (Å²) in [5.41, 5.74) is 1.46. The van der Waals surface area contributed by atoms with Crippen LogP contribution in [0.5, 0.6) is 0 Å². The molecule has 1 aliphatic rings. The van der Waals surface area contributed by atoms with Gasteiger partial charge in [-0.3, -0.25) is 9.69 Å². The summed E-state index contributed by atoms with van der Waals surface area (Å²) in [6.07, 6.45) is 0. The molecule has 2 N–H and O–H groups in total. The number of hydrogen-bond donors (Lipinski definition) is 2. The first-order valence-electron chi connectivity index (χ1n) is 8.49. The van der Waals surface area contributed by atoms with E-state index in [0.717, 1.165) is 5.69 Å². The number of carbonyl (C=O) groups is 2. The Hall–Kier alpha value is -2.57. The fourth-order valence-corrected chi connectivity index (χ4v) is 2.99. The van der Waals surface area contributed by atoms with Gasteiger partial charge in [-0.15, -0.1) is 0 Å². The highest BCUT2D eigenvalue weighted by Gasteiger charge is 2.22. The van der Waals surface area contributed by atoms with Crippen molar-refractivity contribution in [3.05, 3.63) is 59.6 Å². The van der Waals surface area contributed by atoms with Crippen LogP contribution in [0.25, 0.3) is 0 Å². The molecule has 0 atom stereocenters. The molecule has 1 fully saturated rings. The van der Waals surface area contributed by atoms with Crippen molar-refractivity contribution in [1.82, 2.24) is 9.80 Å². The lowest BCUT2D eigenvalue weighted by atomic mass is 10.3. The van der Waals surface area contributed by atoms with Crippen molar-refractivity contribution in [2.75, 3.05) is 43.4 Å². The van der Waals surface area contributed by atoms with E-state index < -0.39 is 0 Å². The largest absolute Gasteiger partial charge is 0.325 e.